The molecule has 0 spiro atoms. The predicted molar refractivity (Wildman–Crippen MR) is 118 cm³/mol. The molecular weight excluding hydrogens is 388 g/mol. The van der Waals surface area contributed by atoms with Crippen molar-refractivity contribution in [2.24, 2.45) is 0 Å². The minimum Gasteiger partial charge on any atom is -0.370 e. The van der Waals surface area contributed by atoms with Gasteiger partial charge in [-0.15, -0.1) is 11.3 Å². The first-order chi connectivity index (χ1) is 13.2. The van der Waals surface area contributed by atoms with Crippen molar-refractivity contribution >= 4 is 33.4 Å². The van der Waals surface area contributed by atoms with Crippen LogP contribution < -0.4 is 5.43 Å². The standard InChI is InChI=1S/C22H24N2O2S2/c1-13(2)12-27-21-23-18-19(25)16-10-22(4,5)26-11-17(16)28-20(18)24(21)15-8-6-14(3)7-9-15/h6-9H,1,10-12H2,2-5H3. The molecule has 3 aromatic rings. The van der Waals surface area contributed by atoms with Gasteiger partial charge in [-0.3, -0.25) is 9.36 Å². The van der Waals surface area contributed by atoms with E-state index in [1.807, 2.05) is 20.8 Å². The van der Waals surface area contributed by atoms with Crippen molar-refractivity contribution in [1.82, 2.24) is 9.55 Å². The minimum atomic E-state index is -0.316. The second-order valence-electron chi connectivity index (χ2n) is 8.02. The van der Waals surface area contributed by atoms with Gasteiger partial charge in [-0.2, -0.15) is 0 Å². The number of fused-ring (bicyclic) bond motifs is 2. The molecule has 0 saturated carbocycles. The normalized spacial score (nSPS) is 15.6. The summed E-state index contributed by atoms with van der Waals surface area (Å²) < 4.78 is 8.07. The van der Waals surface area contributed by atoms with Gasteiger partial charge in [0, 0.05) is 28.3 Å². The lowest BCUT2D eigenvalue weighted by atomic mass is 9.95. The molecule has 0 radical (unpaired) electrons. The summed E-state index contributed by atoms with van der Waals surface area (Å²) in [7, 11) is 0. The molecule has 0 unspecified atom stereocenters. The van der Waals surface area contributed by atoms with Crippen LogP contribution in [0.1, 0.15) is 36.8 Å². The highest BCUT2D eigenvalue weighted by Gasteiger charge is 2.30. The third kappa shape index (κ3) is 3.56. The van der Waals surface area contributed by atoms with Crippen molar-refractivity contribution in [3.8, 4) is 5.69 Å². The molecule has 4 nitrogen and oxygen atoms in total. The number of imidazole rings is 1. The summed E-state index contributed by atoms with van der Waals surface area (Å²) in [5.74, 6) is 0.768. The number of rotatable bonds is 4. The Labute approximate surface area is 173 Å². The first-order valence-electron chi connectivity index (χ1n) is 9.31. The van der Waals surface area contributed by atoms with Gasteiger partial charge < -0.3 is 4.74 Å². The van der Waals surface area contributed by atoms with Crippen LogP contribution in [-0.4, -0.2) is 20.9 Å². The van der Waals surface area contributed by atoms with Gasteiger partial charge in [0.1, 0.15) is 10.3 Å². The zero-order valence-electron chi connectivity index (χ0n) is 16.7. The highest BCUT2D eigenvalue weighted by atomic mass is 32.2. The summed E-state index contributed by atoms with van der Waals surface area (Å²) in [6.07, 6.45) is 0.624. The summed E-state index contributed by atoms with van der Waals surface area (Å²) >= 11 is 3.24. The monoisotopic (exact) mass is 412 g/mol. The van der Waals surface area contributed by atoms with Crippen LogP contribution in [0.2, 0.25) is 0 Å². The number of ether oxygens (including phenoxy) is 1. The second kappa shape index (κ2) is 7.17. The van der Waals surface area contributed by atoms with Crippen LogP contribution in [0.4, 0.5) is 0 Å². The van der Waals surface area contributed by atoms with E-state index in [-0.39, 0.29) is 11.0 Å². The first kappa shape index (κ1) is 19.4. The Morgan fingerprint density at radius 2 is 2.07 bits per heavy atom. The average Bonchev–Trinajstić information content (AvgIpc) is 3.00. The van der Waals surface area contributed by atoms with Crippen LogP contribution in [0.5, 0.6) is 0 Å². The van der Waals surface area contributed by atoms with Crippen LogP contribution in [0.25, 0.3) is 16.0 Å². The van der Waals surface area contributed by atoms with E-state index in [1.165, 1.54) is 5.56 Å². The Bertz CT molecular complexity index is 1120. The van der Waals surface area contributed by atoms with Gasteiger partial charge in [0.05, 0.1) is 12.2 Å². The predicted octanol–water partition coefficient (Wildman–Crippen LogP) is 5.28. The molecule has 0 N–H and O–H groups in total. The molecule has 0 aliphatic carbocycles. The SMILES string of the molecule is C=C(C)CSc1nc2c(=O)c3c(sc2n1-c1ccc(C)cc1)COC(C)(C)C3. The van der Waals surface area contributed by atoms with Gasteiger partial charge in [-0.1, -0.05) is 41.6 Å². The molecule has 1 aliphatic rings. The Morgan fingerprint density at radius 3 is 2.75 bits per heavy atom. The fourth-order valence-corrected chi connectivity index (χ4v) is 5.39. The van der Waals surface area contributed by atoms with Crippen LogP contribution in [0, 0.1) is 6.92 Å². The summed E-state index contributed by atoms with van der Waals surface area (Å²) in [5, 5.41) is 0.831. The lowest BCUT2D eigenvalue weighted by molar-refractivity contribution is -0.0386. The first-order valence-corrected chi connectivity index (χ1v) is 11.1. The Kier molecular flexibility index (Phi) is 4.98. The molecule has 0 bridgehead atoms. The van der Waals surface area contributed by atoms with Gasteiger partial charge in [-0.05, 0) is 39.8 Å². The van der Waals surface area contributed by atoms with Crippen LogP contribution >= 0.6 is 23.1 Å². The molecule has 0 fully saturated rings. The number of aryl methyl sites for hydroxylation is 1. The Balaban J connectivity index is 1.95. The van der Waals surface area contributed by atoms with E-state index in [1.54, 1.807) is 23.1 Å². The zero-order valence-corrected chi connectivity index (χ0v) is 18.3. The van der Waals surface area contributed by atoms with E-state index in [0.717, 1.165) is 37.4 Å². The van der Waals surface area contributed by atoms with E-state index in [4.69, 9.17) is 9.72 Å². The third-order valence-electron chi connectivity index (χ3n) is 4.79. The average molecular weight is 413 g/mol. The molecule has 3 heterocycles. The van der Waals surface area contributed by atoms with Gasteiger partial charge in [-0.25, -0.2) is 4.98 Å². The minimum absolute atomic E-state index is 0.0446. The van der Waals surface area contributed by atoms with Gasteiger partial charge in [0.2, 0.25) is 5.43 Å². The van der Waals surface area contributed by atoms with Crippen molar-refractivity contribution in [2.75, 3.05) is 5.75 Å². The smallest absolute Gasteiger partial charge is 0.211 e. The summed E-state index contributed by atoms with van der Waals surface area (Å²) in [6, 6.07) is 8.33. The number of hydrogen-bond donors (Lipinski definition) is 0. The molecular formula is C22H24N2O2S2. The van der Waals surface area contributed by atoms with Crippen LogP contribution in [-0.2, 0) is 17.8 Å². The molecule has 28 heavy (non-hydrogen) atoms. The maximum absolute atomic E-state index is 13.3. The van der Waals surface area contributed by atoms with Gasteiger partial charge in [0.25, 0.3) is 0 Å². The second-order valence-corrected chi connectivity index (χ2v) is 10.0. The number of aromatic nitrogens is 2. The van der Waals surface area contributed by atoms with Gasteiger partial charge in [0.15, 0.2) is 5.16 Å². The number of thioether (sulfide) groups is 1. The van der Waals surface area contributed by atoms with E-state index >= 15 is 0 Å². The van der Waals surface area contributed by atoms with Crippen molar-refractivity contribution in [3.05, 3.63) is 62.6 Å². The van der Waals surface area contributed by atoms with Crippen molar-refractivity contribution in [3.63, 3.8) is 0 Å². The molecule has 4 rings (SSSR count). The molecule has 1 aliphatic heterocycles. The number of benzene rings is 1. The summed E-state index contributed by atoms with van der Waals surface area (Å²) in [5.41, 5.74) is 4.44. The molecule has 0 atom stereocenters. The highest BCUT2D eigenvalue weighted by Crippen LogP contribution is 2.35. The van der Waals surface area contributed by atoms with E-state index in [9.17, 15) is 4.79 Å². The zero-order chi connectivity index (χ0) is 20.1. The molecule has 0 amide bonds. The van der Waals surface area contributed by atoms with Crippen LogP contribution in [0.3, 0.4) is 0 Å². The van der Waals surface area contributed by atoms with E-state index in [0.29, 0.717) is 18.5 Å². The molecule has 146 valence electrons. The third-order valence-corrected chi connectivity index (χ3v) is 7.14. The van der Waals surface area contributed by atoms with E-state index in [2.05, 4.69) is 42.3 Å². The van der Waals surface area contributed by atoms with E-state index < -0.39 is 0 Å². The topological polar surface area (TPSA) is 44.1 Å². The largest absolute Gasteiger partial charge is 0.370 e. The summed E-state index contributed by atoms with van der Waals surface area (Å²) in [4.78, 5) is 20.0. The maximum atomic E-state index is 13.3. The van der Waals surface area contributed by atoms with Crippen molar-refractivity contribution < 1.29 is 4.74 Å². The Morgan fingerprint density at radius 1 is 1.36 bits per heavy atom. The molecule has 2 aromatic heterocycles. The Hall–Kier alpha value is -1.89. The molecule has 1 aromatic carbocycles. The van der Waals surface area contributed by atoms with Crippen LogP contribution in [0.15, 0.2) is 46.4 Å². The fraction of sp³-hybridized carbons (Fsp3) is 0.364. The fourth-order valence-electron chi connectivity index (χ4n) is 3.32. The molecule has 6 heteroatoms. The van der Waals surface area contributed by atoms with Crippen molar-refractivity contribution in [1.29, 1.82) is 0 Å². The highest BCUT2D eigenvalue weighted by molar-refractivity contribution is 7.99. The number of nitrogens with zero attached hydrogens (tertiary/aromatic N) is 2. The maximum Gasteiger partial charge on any atom is 0.211 e. The number of hydrogen-bond acceptors (Lipinski definition) is 5. The molecule has 0 saturated heterocycles. The quantitative estimate of drug-likeness (QED) is 0.432. The van der Waals surface area contributed by atoms with Gasteiger partial charge >= 0.3 is 0 Å². The lowest BCUT2D eigenvalue weighted by Gasteiger charge is -2.30. The van der Waals surface area contributed by atoms with Crippen molar-refractivity contribution in [2.45, 2.75) is 51.5 Å². The lowest BCUT2D eigenvalue weighted by Crippen LogP contribution is -2.34. The summed E-state index contributed by atoms with van der Waals surface area (Å²) in [6.45, 7) is 12.6.